The topological polar surface area (TPSA) is 93.1 Å². The maximum Gasteiger partial charge on any atom is 0.338 e. The predicted molar refractivity (Wildman–Crippen MR) is 192 cm³/mol. The van der Waals surface area contributed by atoms with E-state index in [1.54, 1.807) is 0 Å². The highest BCUT2D eigenvalue weighted by Gasteiger charge is 2.46. The summed E-state index contributed by atoms with van der Waals surface area (Å²) in [5.41, 5.74) is 2.67. The molecule has 2 fully saturated rings. The Labute approximate surface area is 284 Å². The lowest BCUT2D eigenvalue weighted by Gasteiger charge is -2.43. The Hall–Kier alpha value is -2.48. The van der Waals surface area contributed by atoms with E-state index < -0.39 is 20.4 Å². The van der Waals surface area contributed by atoms with Crippen molar-refractivity contribution in [1.82, 2.24) is 0 Å². The molecule has 0 aliphatic heterocycles. The molecule has 6 nitrogen and oxygen atoms in total. The van der Waals surface area contributed by atoms with Crippen LogP contribution in [0.4, 0.5) is 0 Å². The van der Waals surface area contributed by atoms with Gasteiger partial charge < -0.3 is 19.4 Å². The van der Waals surface area contributed by atoms with Gasteiger partial charge in [-0.05, 0) is 91.8 Å². The van der Waals surface area contributed by atoms with Crippen LogP contribution in [0, 0.1) is 17.8 Å². The molecule has 0 aromatic heterocycles. The van der Waals surface area contributed by atoms with Crippen LogP contribution >= 0.6 is 0 Å². The van der Waals surface area contributed by atoms with Gasteiger partial charge in [-0.3, -0.25) is 4.79 Å². The molecule has 47 heavy (non-hydrogen) atoms. The molecule has 7 heteroatoms. The number of carbonyl (C=O) groups is 2. The van der Waals surface area contributed by atoms with Gasteiger partial charge in [0.15, 0.2) is 8.32 Å². The minimum absolute atomic E-state index is 0.0429. The van der Waals surface area contributed by atoms with Crippen LogP contribution in [0.25, 0.3) is 11.1 Å². The van der Waals surface area contributed by atoms with E-state index in [1.165, 1.54) is 32.1 Å². The van der Waals surface area contributed by atoms with Crippen molar-refractivity contribution in [3.63, 3.8) is 0 Å². The molecule has 2 aliphatic carbocycles. The molecule has 2 N–H and O–H groups in total. The number of aliphatic hydroxyl groups excluding tert-OH is 1. The molecule has 0 heterocycles. The highest BCUT2D eigenvalue weighted by atomic mass is 28.4. The summed E-state index contributed by atoms with van der Waals surface area (Å²) in [4.78, 5) is 24.4. The van der Waals surface area contributed by atoms with Crippen LogP contribution in [0.2, 0.25) is 18.1 Å². The SMILES string of the molecule is CC(C)(C)[Si](C)(C)O[C@@H](CC[C@H]1C(O)C[C@H](OC(=O)c2ccc(-c3ccccc3)cc2)[C@@H]1CCCCCCC(=O)O)C1CCCCC1. The van der Waals surface area contributed by atoms with Crippen molar-refractivity contribution in [3.8, 4) is 11.1 Å². The number of hydrogen-bond donors (Lipinski definition) is 2. The molecule has 4 rings (SSSR count). The summed E-state index contributed by atoms with van der Waals surface area (Å²) < 4.78 is 13.3. The second-order valence-corrected chi connectivity index (χ2v) is 20.5. The summed E-state index contributed by atoms with van der Waals surface area (Å²) >= 11 is 0. The monoisotopic (exact) mass is 664 g/mol. The summed E-state index contributed by atoms with van der Waals surface area (Å²) in [6.45, 7) is 11.6. The lowest BCUT2D eigenvalue weighted by atomic mass is 9.80. The number of carboxylic acids is 1. The number of esters is 1. The zero-order valence-corrected chi connectivity index (χ0v) is 30.6. The molecule has 2 aromatic carbocycles. The Morgan fingerprint density at radius 1 is 0.851 bits per heavy atom. The van der Waals surface area contributed by atoms with Crippen LogP contribution in [0.15, 0.2) is 54.6 Å². The average molecular weight is 665 g/mol. The number of hydrogen-bond acceptors (Lipinski definition) is 5. The second kappa shape index (κ2) is 17.3. The first kappa shape index (κ1) is 37.3. The van der Waals surface area contributed by atoms with E-state index in [2.05, 4.69) is 46.0 Å². The fourth-order valence-corrected chi connectivity index (χ4v) is 8.96. The Kier molecular flexibility index (Phi) is 13.7. The van der Waals surface area contributed by atoms with Crippen molar-refractivity contribution in [2.24, 2.45) is 17.8 Å². The molecular formula is C40H60O6Si. The van der Waals surface area contributed by atoms with Crippen LogP contribution in [0.1, 0.15) is 121 Å². The van der Waals surface area contributed by atoms with E-state index in [4.69, 9.17) is 14.3 Å². The molecule has 260 valence electrons. The third-order valence-electron chi connectivity index (χ3n) is 11.4. The van der Waals surface area contributed by atoms with Crippen molar-refractivity contribution >= 4 is 20.3 Å². The summed E-state index contributed by atoms with van der Waals surface area (Å²) in [6, 6.07) is 17.7. The third-order valence-corrected chi connectivity index (χ3v) is 15.9. The molecule has 2 aromatic rings. The van der Waals surface area contributed by atoms with Crippen molar-refractivity contribution in [2.75, 3.05) is 0 Å². The van der Waals surface area contributed by atoms with Crippen molar-refractivity contribution < 1.29 is 29.0 Å². The second-order valence-electron chi connectivity index (χ2n) is 15.8. The molecule has 2 aliphatic rings. The van der Waals surface area contributed by atoms with Gasteiger partial charge in [0.1, 0.15) is 6.10 Å². The Morgan fingerprint density at radius 2 is 1.49 bits per heavy atom. The van der Waals surface area contributed by atoms with Gasteiger partial charge in [-0.1, -0.05) is 102 Å². The number of rotatable bonds is 16. The summed E-state index contributed by atoms with van der Waals surface area (Å²) in [5, 5.41) is 20.6. The minimum Gasteiger partial charge on any atom is -0.481 e. The zero-order chi connectivity index (χ0) is 34.0. The van der Waals surface area contributed by atoms with Gasteiger partial charge >= 0.3 is 11.9 Å². The summed E-state index contributed by atoms with van der Waals surface area (Å²) in [7, 11) is -1.98. The molecule has 2 saturated carbocycles. The molecule has 0 saturated heterocycles. The molecule has 0 bridgehead atoms. The first-order valence-corrected chi connectivity index (χ1v) is 21.2. The first-order chi connectivity index (χ1) is 22.4. The minimum atomic E-state index is -1.98. The van der Waals surface area contributed by atoms with Gasteiger partial charge in [0, 0.05) is 24.9 Å². The van der Waals surface area contributed by atoms with Gasteiger partial charge in [0.05, 0.1) is 11.7 Å². The molecule has 0 spiro atoms. The number of aliphatic hydroxyl groups is 1. The van der Waals surface area contributed by atoms with Gasteiger partial charge in [-0.25, -0.2) is 4.79 Å². The van der Waals surface area contributed by atoms with Gasteiger partial charge in [-0.15, -0.1) is 0 Å². The van der Waals surface area contributed by atoms with E-state index >= 15 is 0 Å². The Bertz CT molecular complexity index is 1250. The number of ether oxygens (including phenoxy) is 1. The maximum atomic E-state index is 13.4. The van der Waals surface area contributed by atoms with Crippen LogP contribution in [-0.4, -0.2) is 48.8 Å². The van der Waals surface area contributed by atoms with E-state index in [0.717, 1.165) is 49.7 Å². The molecule has 5 atom stereocenters. The van der Waals surface area contributed by atoms with Gasteiger partial charge in [-0.2, -0.15) is 0 Å². The standard InChI is InChI=1S/C40H60O6Si/c1-40(2,3)47(4,5)46-36(31-18-12-9-13-19-31)27-26-33-34(20-14-6-7-15-21-38(42)43)37(28-35(33)41)45-39(44)32-24-22-30(23-25-32)29-16-10-8-11-17-29/h8,10-11,16-17,22-25,31,33-37,41H,6-7,9,12-15,18-21,26-28H2,1-5H3,(H,42,43)/t33-,34-,35?,36+,37+/m1/s1. The largest absolute Gasteiger partial charge is 0.481 e. The number of aliphatic carboxylic acids is 1. The fourth-order valence-electron chi connectivity index (χ4n) is 7.54. The number of benzene rings is 2. The maximum absolute atomic E-state index is 13.4. The van der Waals surface area contributed by atoms with E-state index in [0.29, 0.717) is 24.3 Å². The van der Waals surface area contributed by atoms with Crippen LogP contribution < -0.4 is 0 Å². The van der Waals surface area contributed by atoms with Crippen LogP contribution in [-0.2, 0) is 14.0 Å². The Morgan fingerprint density at radius 3 is 2.13 bits per heavy atom. The molecule has 0 radical (unpaired) electrons. The number of carbonyl (C=O) groups excluding carboxylic acids is 1. The number of unbranched alkanes of at least 4 members (excludes halogenated alkanes) is 3. The summed E-state index contributed by atoms with van der Waals surface area (Å²) in [6.07, 6.45) is 12.3. The quantitative estimate of drug-likeness (QED) is 0.105. The first-order valence-electron chi connectivity index (χ1n) is 18.3. The lowest BCUT2D eigenvalue weighted by molar-refractivity contribution is -0.137. The molecule has 0 amide bonds. The summed E-state index contributed by atoms with van der Waals surface area (Å²) in [5.74, 6) is -0.412. The predicted octanol–water partition coefficient (Wildman–Crippen LogP) is 10.1. The van der Waals surface area contributed by atoms with Crippen LogP contribution in [0.3, 0.4) is 0 Å². The van der Waals surface area contributed by atoms with E-state index in [9.17, 15) is 14.7 Å². The Balaban J connectivity index is 1.46. The molecule has 1 unspecified atom stereocenters. The van der Waals surface area contributed by atoms with Crippen molar-refractivity contribution in [2.45, 2.75) is 147 Å². The van der Waals surface area contributed by atoms with Crippen LogP contribution in [0.5, 0.6) is 0 Å². The smallest absolute Gasteiger partial charge is 0.338 e. The lowest BCUT2D eigenvalue weighted by Crippen LogP contribution is -2.46. The van der Waals surface area contributed by atoms with Crippen molar-refractivity contribution in [1.29, 1.82) is 0 Å². The third kappa shape index (κ3) is 10.8. The van der Waals surface area contributed by atoms with Gasteiger partial charge in [0.2, 0.25) is 0 Å². The average Bonchev–Trinajstić information content (AvgIpc) is 3.33. The highest BCUT2D eigenvalue weighted by molar-refractivity contribution is 6.74. The fraction of sp³-hybridized carbons (Fsp3) is 0.650. The van der Waals surface area contributed by atoms with E-state index in [-0.39, 0.29) is 41.5 Å². The highest BCUT2D eigenvalue weighted by Crippen LogP contribution is 2.44. The zero-order valence-electron chi connectivity index (χ0n) is 29.6. The molecular weight excluding hydrogens is 605 g/mol. The van der Waals surface area contributed by atoms with Gasteiger partial charge in [0.25, 0.3) is 0 Å². The van der Waals surface area contributed by atoms with Crippen molar-refractivity contribution in [3.05, 3.63) is 60.2 Å². The number of carboxylic acid groups (broad SMARTS) is 1. The normalized spacial score (nSPS) is 23.0. The van der Waals surface area contributed by atoms with E-state index in [1.807, 2.05) is 42.5 Å².